The van der Waals surface area contributed by atoms with E-state index in [0.29, 0.717) is 24.7 Å². The van der Waals surface area contributed by atoms with Gasteiger partial charge in [-0.25, -0.2) is 9.97 Å². The molecule has 0 radical (unpaired) electrons. The maximum absolute atomic E-state index is 13.0. The van der Waals surface area contributed by atoms with E-state index in [1.807, 2.05) is 29.4 Å². The Bertz CT molecular complexity index is 989. The van der Waals surface area contributed by atoms with E-state index in [2.05, 4.69) is 19.5 Å². The molecule has 2 fully saturated rings. The molecule has 4 heterocycles. The quantitative estimate of drug-likeness (QED) is 0.679. The Kier molecular flexibility index (Phi) is 4.87. The molecular formula is C22H25N5O2. The highest BCUT2D eigenvalue weighted by Crippen LogP contribution is 2.31. The number of carbonyl (C=O) groups excluding carboxylic acids is 1. The third-order valence-corrected chi connectivity index (χ3v) is 6.06. The van der Waals surface area contributed by atoms with Crippen LogP contribution < -0.4 is 4.74 Å². The van der Waals surface area contributed by atoms with E-state index >= 15 is 0 Å². The summed E-state index contributed by atoms with van der Waals surface area (Å²) in [4.78, 5) is 28.0. The molecule has 0 N–H and O–H groups in total. The number of pyridine rings is 2. The van der Waals surface area contributed by atoms with Crippen LogP contribution in [0.4, 0.5) is 0 Å². The number of piperidine rings is 1. The van der Waals surface area contributed by atoms with E-state index in [4.69, 9.17) is 4.74 Å². The number of hydrogen-bond acceptors (Lipinski definition) is 5. The number of fused-ring (bicyclic) bond motifs is 1. The average Bonchev–Trinajstić information content (AvgIpc) is 3.44. The van der Waals surface area contributed by atoms with Gasteiger partial charge in [-0.3, -0.25) is 9.78 Å². The first-order chi connectivity index (χ1) is 14.3. The fourth-order valence-corrected chi connectivity index (χ4v) is 4.45. The summed E-state index contributed by atoms with van der Waals surface area (Å²) in [5, 5.41) is 0. The smallest absolute Gasteiger partial charge is 0.255 e. The number of nitrogens with zero attached hydrogens (tertiary/aromatic N) is 5. The molecule has 3 aromatic rings. The van der Waals surface area contributed by atoms with Crippen molar-refractivity contribution in [3.8, 4) is 5.75 Å². The van der Waals surface area contributed by atoms with Crippen molar-refractivity contribution in [2.75, 3.05) is 13.1 Å². The van der Waals surface area contributed by atoms with Crippen LogP contribution in [0.15, 0.2) is 43.1 Å². The van der Waals surface area contributed by atoms with Gasteiger partial charge < -0.3 is 14.2 Å². The summed E-state index contributed by atoms with van der Waals surface area (Å²) >= 11 is 0. The van der Waals surface area contributed by atoms with E-state index in [-0.39, 0.29) is 12.0 Å². The number of carbonyl (C=O) groups is 1. The molecule has 1 saturated heterocycles. The van der Waals surface area contributed by atoms with E-state index in [9.17, 15) is 4.79 Å². The summed E-state index contributed by atoms with van der Waals surface area (Å²) in [5.41, 5.74) is 2.30. The van der Waals surface area contributed by atoms with Crippen molar-refractivity contribution in [1.29, 1.82) is 0 Å². The molecule has 0 atom stereocenters. The molecule has 7 heteroatoms. The average molecular weight is 391 g/mol. The SMILES string of the molecule is O=C(c1cnc2c(c1)ncn2C1CCCC1)N1CCC(Oc2ccncc2)CC1. The van der Waals surface area contributed by atoms with Crippen LogP contribution in [0.3, 0.4) is 0 Å². The second kappa shape index (κ2) is 7.81. The number of rotatable bonds is 4. The standard InChI is InChI=1S/C22H25N5O2/c28-22(26-11-7-19(8-12-26)29-18-5-9-23-10-6-18)16-13-20-21(24-14-16)27(15-25-20)17-3-1-2-4-17/h5-6,9-10,13-15,17,19H,1-4,7-8,11-12H2. The molecule has 0 aromatic carbocycles. The van der Waals surface area contributed by atoms with E-state index in [0.717, 1.165) is 29.8 Å². The lowest BCUT2D eigenvalue weighted by molar-refractivity contribution is 0.0595. The van der Waals surface area contributed by atoms with Gasteiger partial charge in [-0.05, 0) is 31.0 Å². The van der Waals surface area contributed by atoms with Crippen molar-refractivity contribution in [2.45, 2.75) is 50.7 Å². The van der Waals surface area contributed by atoms with Crippen molar-refractivity contribution in [1.82, 2.24) is 24.4 Å². The zero-order valence-corrected chi connectivity index (χ0v) is 16.4. The normalized spacial score (nSPS) is 18.4. The molecule has 150 valence electrons. The fraction of sp³-hybridized carbons (Fsp3) is 0.455. The van der Waals surface area contributed by atoms with Gasteiger partial charge in [0.15, 0.2) is 5.65 Å². The number of ether oxygens (including phenoxy) is 1. The van der Waals surface area contributed by atoms with E-state index in [1.165, 1.54) is 25.7 Å². The maximum atomic E-state index is 13.0. The zero-order chi connectivity index (χ0) is 19.6. The molecule has 5 rings (SSSR count). The maximum Gasteiger partial charge on any atom is 0.255 e. The predicted octanol–water partition coefficient (Wildman–Crippen LogP) is 3.63. The van der Waals surface area contributed by atoms with E-state index < -0.39 is 0 Å². The summed E-state index contributed by atoms with van der Waals surface area (Å²) in [5.74, 6) is 0.856. The minimum atomic E-state index is 0.0252. The molecule has 1 amide bonds. The highest BCUT2D eigenvalue weighted by molar-refractivity contribution is 5.96. The van der Waals surface area contributed by atoms with Crippen molar-refractivity contribution < 1.29 is 9.53 Å². The van der Waals surface area contributed by atoms with Gasteiger partial charge in [-0.1, -0.05) is 12.8 Å². The van der Waals surface area contributed by atoms with Crippen LogP contribution in [0.1, 0.15) is 54.9 Å². The van der Waals surface area contributed by atoms with Crippen LogP contribution >= 0.6 is 0 Å². The largest absolute Gasteiger partial charge is 0.490 e. The van der Waals surface area contributed by atoms with Gasteiger partial charge in [-0.2, -0.15) is 0 Å². The highest BCUT2D eigenvalue weighted by atomic mass is 16.5. The highest BCUT2D eigenvalue weighted by Gasteiger charge is 2.26. The topological polar surface area (TPSA) is 73.1 Å². The van der Waals surface area contributed by atoms with Gasteiger partial charge in [0, 0.05) is 50.6 Å². The fourth-order valence-electron chi connectivity index (χ4n) is 4.45. The molecule has 0 spiro atoms. The molecular weight excluding hydrogens is 366 g/mol. The van der Waals surface area contributed by atoms with Gasteiger partial charge in [0.1, 0.15) is 17.4 Å². The van der Waals surface area contributed by atoms with Crippen molar-refractivity contribution in [3.63, 3.8) is 0 Å². The number of hydrogen-bond donors (Lipinski definition) is 0. The van der Waals surface area contributed by atoms with Crippen molar-refractivity contribution in [3.05, 3.63) is 48.7 Å². The summed E-state index contributed by atoms with van der Waals surface area (Å²) in [6.07, 6.45) is 13.7. The lowest BCUT2D eigenvalue weighted by Gasteiger charge is -2.32. The molecule has 7 nitrogen and oxygen atoms in total. The second-order valence-corrected chi connectivity index (χ2v) is 7.95. The predicted molar refractivity (Wildman–Crippen MR) is 109 cm³/mol. The molecule has 3 aromatic heterocycles. The molecule has 1 aliphatic carbocycles. The Labute approximate surface area is 169 Å². The molecule has 0 bridgehead atoms. The van der Waals surface area contributed by atoms with Crippen LogP contribution in [-0.2, 0) is 0 Å². The second-order valence-electron chi connectivity index (χ2n) is 7.95. The van der Waals surface area contributed by atoms with Gasteiger partial charge in [0.2, 0.25) is 0 Å². The Morgan fingerprint density at radius 1 is 1.03 bits per heavy atom. The summed E-state index contributed by atoms with van der Waals surface area (Å²) < 4.78 is 8.17. The Morgan fingerprint density at radius 3 is 2.55 bits per heavy atom. The third-order valence-electron chi connectivity index (χ3n) is 6.06. The first kappa shape index (κ1) is 18.1. The molecule has 29 heavy (non-hydrogen) atoms. The molecule has 1 aliphatic heterocycles. The monoisotopic (exact) mass is 391 g/mol. The number of aromatic nitrogens is 4. The van der Waals surface area contributed by atoms with Crippen LogP contribution in [0.5, 0.6) is 5.75 Å². The van der Waals surface area contributed by atoms with Crippen LogP contribution in [0.25, 0.3) is 11.2 Å². The number of imidazole rings is 1. The first-order valence-electron chi connectivity index (χ1n) is 10.5. The lowest BCUT2D eigenvalue weighted by Crippen LogP contribution is -2.41. The lowest BCUT2D eigenvalue weighted by atomic mass is 10.1. The summed E-state index contributed by atoms with van der Waals surface area (Å²) in [6, 6.07) is 6.11. The first-order valence-corrected chi connectivity index (χ1v) is 10.5. The van der Waals surface area contributed by atoms with Crippen LogP contribution in [0.2, 0.25) is 0 Å². The summed E-state index contributed by atoms with van der Waals surface area (Å²) in [6.45, 7) is 1.37. The van der Waals surface area contributed by atoms with E-state index in [1.54, 1.807) is 18.6 Å². The minimum absolute atomic E-state index is 0.0252. The number of likely N-dealkylation sites (tertiary alicyclic amines) is 1. The minimum Gasteiger partial charge on any atom is -0.490 e. The molecule has 2 aliphatic rings. The number of amides is 1. The molecule has 0 unspecified atom stereocenters. The van der Waals surface area contributed by atoms with Gasteiger partial charge in [-0.15, -0.1) is 0 Å². The van der Waals surface area contributed by atoms with Crippen molar-refractivity contribution in [2.24, 2.45) is 0 Å². The third kappa shape index (κ3) is 3.69. The Balaban J connectivity index is 1.24. The zero-order valence-electron chi connectivity index (χ0n) is 16.4. The van der Waals surface area contributed by atoms with Gasteiger partial charge >= 0.3 is 0 Å². The summed E-state index contributed by atoms with van der Waals surface area (Å²) in [7, 11) is 0. The Hall–Kier alpha value is -2.96. The van der Waals surface area contributed by atoms with Gasteiger partial charge in [0.25, 0.3) is 5.91 Å². The van der Waals surface area contributed by atoms with Gasteiger partial charge in [0.05, 0.1) is 11.9 Å². The van der Waals surface area contributed by atoms with Crippen LogP contribution in [0, 0.1) is 0 Å². The van der Waals surface area contributed by atoms with Crippen molar-refractivity contribution >= 4 is 17.1 Å². The van der Waals surface area contributed by atoms with Crippen LogP contribution in [-0.4, -0.2) is 49.5 Å². The Morgan fingerprint density at radius 2 is 1.79 bits per heavy atom. The molecule has 1 saturated carbocycles.